The lowest BCUT2D eigenvalue weighted by Crippen LogP contribution is -2.08. The topological polar surface area (TPSA) is 0 Å². The maximum Gasteiger partial charge on any atom is -0.00504 e. The molecule has 4 aromatic carbocycles. The highest BCUT2D eigenvalue weighted by molar-refractivity contribution is 7.62. The second-order valence-corrected chi connectivity index (χ2v) is 15.6. The van der Waals surface area contributed by atoms with Crippen LogP contribution in [0.4, 0.5) is 0 Å². The first-order chi connectivity index (χ1) is 17.8. The predicted octanol–water partition coefficient (Wildman–Crippen LogP) is 9.11. The first kappa shape index (κ1) is 24.1. The second kappa shape index (κ2) is 11.4. The van der Waals surface area contributed by atoms with Gasteiger partial charge in [-0.15, -0.1) is 15.8 Å². The van der Waals surface area contributed by atoms with Gasteiger partial charge in [0.05, 0.1) is 0 Å². The van der Waals surface area contributed by atoms with Gasteiger partial charge in [-0.1, -0.05) is 121 Å². The molecule has 0 amide bonds. The minimum atomic E-state index is 0.0920. The molecule has 2 heteroatoms. The molecule has 2 heterocycles. The molecule has 6 rings (SSSR count). The van der Waals surface area contributed by atoms with Gasteiger partial charge in [0, 0.05) is 0 Å². The largest absolute Gasteiger partial charge is 0.105 e. The molecule has 0 unspecified atom stereocenters. The summed E-state index contributed by atoms with van der Waals surface area (Å²) in [6, 6.07) is 45.4. The minimum Gasteiger partial charge on any atom is -0.105 e. The summed E-state index contributed by atoms with van der Waals surface area (Å²) in [5, 5.41) is 0. The molecule has 0 aliphatic carbocycles. The van der Waals surface area contributed by atoms with Crippen molar-refractivity contribution >= 4 is 15.8 Å². The van der Waals surface area contributed by atoms with Crippen molar-refractivity contribution in [3.8, 4) is 0 Å². The van der Waals surface area contributed by atoms with Gasteiger partial charge in [-0.2, -0.15) is 0 Å². The molecule has 4 aromatic rings. The summed E-state index contributed by atoms with van der Waals surface area (Å²) < 4.78 is 0. The number of hydrogen-bond donors (Lipinski definition) is 0. The summed E-state index contributed by atoms with van der Waals surface area (Å²) in [4.78, 5) is 0. The fraction of sp³-hybridized carbons (Fsp3) is 0.294. The molecule has 182 valence electrons. The van der Waals surface area contributed by atoms with Crippen LogP contribution in [0.2, 0.25) is 0 Å². The van der Waals surface area contributed by atoms with Gasteiger partial charge in [-0.3, -0.25) is 0 Å². The van der Waals surface area contributed by atoms with Crippen molar-refractivity contribution in [3.63, 3.8) is 0 Å². The summed E-state index contributed by atoms with van der Waals surface area (Å²) in [5.74, 6) is 2.74. The number of hydrogen-bond acceptors (Lipinski definition) is 0. The molecule has 0 spiro atoms. The van der Waals surface area contributed by atoms with E-state index in [4.69, 9.17) is 0 Å². The fourth-order valence-corrected chi connectivity index (χ4v) is 13.9. The molecule has 0 radical (unpaired) electrons. The molecule has 4 atom stereocenters. The van der Waals surface area contributed by atoms with Crippen molar-refractivity contribution in [2.45, 2.75) is 23.7 Å². The number of benzene rings is 4. The van der Waals surface area contributed by atoms with Gasteiger partial charge in [-0.05, 0) is 82.9 Å². The van der Waals surface area contributed by atoms with Crippen molar-refractivity contribution < 1.29 is 0 Å². The third-order valence-corrected chi connectivity index (χ3v) is 14.1. The fourth-order valence-electron chi connectivity index (χ4n) is 6.57. The van der Waals surface area contributed by atoms with Gasteiger partial charge in [-0.25, -0.2) is 0 Å². The van der Waals surface area contributed by atoms with Crippen LogP contribution in [-0.4, -0.2) is 37.0 Å². The maximum atomic E-state index is 2.37. The van der Waals surface area contributed by atoms with E-state index in [0.717, 1.165) is 0 Å². The van der Waals surface area contributed by atoms with E-state index in [-0.39, 0.29) is 15.8 Å². The Morgan fingerprint density at radius 2 is 0.583 bits per heavy atom. The number of rotatable bonds is 7. The zero-order valence-corrected chi connectivity index (χ0v) is 22.8. The normalized spacial score (nSPS) is 24.8. The highest BCUT2D eigenvalue weighted by atomic mass is 31.1. The van der Waals surface area contributed by atoms with E-state index in [1.54, 1.807) is 22.3 Å². The van der Waals surface area contributed by atoms with E-state index in [2.05, 4.69) is 121 Å². The van der Waals surface area contributed by atoms with E-state index in [1.807, 2.05) is 0 Å². The first-order valence-electron chi connectivity index (χ1n) is 13.5. The summed E-state index contributed by atoms with van der Waals surface area (Å²) in [5.41, 5.74) is 6.21. The van der Waals surface area contributed by atoms with Crippen molar-refractivity contribution in [3.05, 3.63) is 144 Å². The highest BCUT2D eigenvalue weighted by Gasteiger charge is 2.38. The van der Waals surface area contributed by atoms with Crippen LogP contribution in [0.5, 0.6) is 0 Å². The molecule has 36 heavy (non-hydrogen) atoms. The van der Waals surface area contributed by atoms with Gasteiger partial charge >= 0.3 is 0 Å². The lowest BCUT2D eigenvalue weighted by molar-refractivity contribution is 0.666. The second-order valence-electron chi connectivity index (χ2n) is 10.6. The van der Waals surface area contributed by atoms with E-state index < -0.39 is 0 Å². The molecular weight excluding hydrogens is 470 g/mol. The molecule has 0 N–H and O–H groups in total. The molecule has 2 aliphatic heterocycles. The lowest BCUT2D eigenvalue weighted by atomic mass is 9.84. The van der Waals surface area contributed by atoms with Crippen molar-refractivity contribution in [2.75, 3.05) is 37.0 Å². The summed E-state index contributed by atoms with van der Waals surface area (Å²) in [6.07, 6.45) is 8.57. The average molecular weight is 507 g/mol. The van der Waals surface area contributed by atoms with Gasteiger partial charge in [0.2, 0.25) is 0 Å². The minimum absolute atomic E-state index is 0.0920. The highest BCUT2D eigenvalue weighted by Crippen LogP contribution is 2.61. The van der Waals surface area contributed by atoms with Gasteiger partial charge in [0.1, 0.15) is 0 Å². The zero-order valence-electron chi connectivity index (χ0n) is 21.0. The van der Waals surface area contributed by atoms with Crippen LogP contribution in [0.1, 0.15) is 45.9 Å². The van der Waals surface area contributed by atoms with Crippen LogP contribution in [0.15, 0.2) is 121 Å². The maximum absolute atomic E-state index is 2.37. The Hall–Kier alpha value is -2.26. The molecule has 2 aliphatic rings. The quantitative estimate of drug-likeness (QED) is 0.219. The SMILES string of the molecule is c1ccc([C@H]2CP(CCP3C[C@@H](c4ccccc4)[C@H](c4ccccc4)C3)C[C@@H]2c2ccccc2)cc1. The molecule has 0 nitrogen and oxygen atoms in total. The Morgan fingerprint density at radius 3 is 0.806 bits per heavy atom. The smallest absolute Gasteiger partial charge is 0.00504 e. The Bertz CT molecular complexity index is 1020. The zero-order chi connectivity index (χ0) is 24.2. The standard InChI is InChI=1S/C34H36P2/c1-5-13-27(14-6-1)31-23-35(24-32(31)28-15-7-2-8-16-28)21-22-36-25-33(29-17-9-3-10-18-29)34(26-36)30-19-11-4-12-20-30/h1-20,31-34H,21-26H2/t31-,32-,33+,34+. The van der Waals surface area contributed by atoms with Crippen LogP contribution in [0, 0.1) is 0 Å². The van der Waals surface area contributed by atoms with E-state index in [0.29, 0.717) is 23.7 Å². The van der Waals surface area contributed by atoms with Gasteiger partial charge < -0.3 is 0 Å². The van der Waals surface area contributed by atoms with Crippen LogP contribution < -0.4 is 0 Å². The molecule has 2 saturated heterocycles. The summed E-state index contributed by atoms with van der Waals surface area (Å²) >= 11 is 0. The van der Waals surface area contributed by atoms with E-state index in [1.165, 1.54) is 37.0 Å². The molecular formula is C34H36P2. The van der Waals surface area contributed by atoms with Crippen LogP contribution in [0.3, 0.4) is 0 Å². The summed E-state index contributed by atoms with van der Waals surface area (Å²) in [6.45, 7) is 0. The average Bonchev–Trinajstić information content (AvgIpc) is 3.59. The van der Waals surface area contributed by atoms with Crippen LogP contribution in [0.25, 0.3) is 0 Å². The van der Waals surface area contributed by atoms with E-state index >= 15 is 0 Å². The molecule has 0 bridgehead atoms. The third kappa shape index (κ3) is 5.37. The molecule has 0 saturated carbocycles. The molecule has 0 aromatic heterocycles. The Labute approximate surface area is 219 Å². The van der Waals surface area contributed by atoms with Crippen LogP contribution in [-0.2, 0) is 0 Å². The van der Waals surface area contributed by atoms with E-state index in [9.17, 15) is 0 Å². The van der Waals surface area contributed by atoms with Crippen molar-refractivity contribution in [1.82, 2.24) is 0 Å². The Kier molecular flexibility index (Phi) is 7.65. The van der Waals surface area contributed by atoms with Gasteiger partial charge in [0.15, 0.2) is 0 Å². The lowest BCUT2D eigenvalue weighted by Gasteiger charge is -2.20. The first-order valence-corrected chi connectivity index (χ1v) is 17.3. The predicted molar refractivity (Wildman–Crippen MR) is 160 cm³/mol. The third-order valence-electron chi connectivity index (χ3n) is 8.43. The Morgan fingerprint density at radius 1 is 0.361 bits per heavy atom. The van der Waals surface area contributed by atoms with Crippen LogP contribution >= 0.6 is 15.8 Å². The van der Waals surface area contributed by atoms with Crippen molar-refractivity contribution in [1.29, 1.82) is 0 Å². The monoisotopic (exact) mass is 506 g/mol. The Balaban J connectivity index is 1.16. The summed E-state index contributed by atoms with van der Waals surface area (Å²) in [7, 11) is 0.184. The molecule has 2 fully saturated rings. The van der Waals surface area contributed by atoms with Gasteiger partial charge in [0.25, 0.3) is 0 Å². The van der Waals surface area contributed by atoms with Crippen molar-refractivity contribution in [2.24, 2.45) is 0 Å².